The number of alkyl halides is 3. The molecule has 6 nitrogen and oxygen atoms in total. The Balaban J connectivity index is 1.60. The van der Waals surface area contributed by atoms with Crippen LogP contribution >= 0.6 is 0 Å². The van der Waals surface area contributed by atoms with Gasteiger partial charge in [-0.15, -0.1) is 13.2 Å². The van der Waals surface area contributed by atoms with Crippen LogP contribution in [-0.2, 0) is 17.8 Å². The van der Waals surface area contributed by atoms with Crippen LogP contribution in [0.1, 0.15) is 11.1 Å². The molecule has 0 saturated heterocycles. The number of ether oxygens (including phenoxy) is 1. The minimum Gasteiger partial charge on any atom is -0.404 e. The average Bonchev–Trinajstić information content (AvgIpc) is 2.66. The van der Waals surface area contributed by atoms with Crippen LogP contribution in [-0.4, -0.2) is 36.2 Å². The third-order valence-electron chi connectivity index (χ3n) is 4.24. The molecule has 0 aliphatic carbocycles. The molecule has 0 spiro atoms. The number of hydrogen-bond acceptors (Lipinski definition) is 3. The van der Waals surface area contributed by atoms with E-state index in [1.807, 2.05) is 24.3 Å². The highest BCUT2D eigenvalue weighted by Gasteiger charge is 2.32. The Bertz CT molecular complexity index is 883. The van der Waals surface area contributed by atoms with Gasteiger partial charge in [0.05, 0.1) is 5.69 Å². The van der Waals surface area contributed by atoms with Crippen molar-refractivity contribution in [2.24, 2.45) is 10.7 Å². The number of guanidine groups is 1. The van der Waals surface area contributed by atoms with E-state index in [9.17, 15) is 18.0 Å². The first-order chi connectivity index (χ1) is 13.3. The van der Waals surface area contributed by atoms with Crippen LogP contribution in [0.3, 0.4) is 0 Å². The first-order valence-corrected chi connectivity index (χ1v) is 8.58. The Morgan fingerprint density at radius 1 is 1.14 bits per heavy atom. The van der Waals surface area contributed by atoms with Crippen LogP contribution in [0.4, 0.5) is 18.9 Å². The number of nitrogens with one attached hydrogen (secondary N) is 1. The van der Waals surface area contributed by atoms with Gasteiger partial charge in [0.2, 0.25) is 5.91 Å². The van der Waals surface area contributed by atoms with E-state index in [4.69, 9.17) is 5.73 Å². The van der Waals surface area contributed by atoms with Gasteiger partial charge >= 0.3 is 6.36 Å². The molecule has 0 unspecified atom stereocenters. The molecule has 9 heteroatoms. The maximum absolute atomic E-state index is 12.5. The molecule has 0 atom stereocenters. The number of nitrogens with two attached hydrogens (primary N) is 1. The fraction of sp³-hybridized carbons (Fsp3) is 0.263. The fourth-order valence-corrected chi connectivity index (χ4v) is 2.92. The number of carbonyl (C=O) groups excluding carboxylic acids is 1. The summed E-state index contributed by atoms with van der Waals surface area (Å²) in [5.74, 6) is -0.824. The Hall–Kier alpha value is -3.23. The number of halogens is 3. The van der Waals surface area contributed by atoms with Crippen molar-refractivity contribution < 1.29 is 22.7 Å². The van der Waals surface area contributed by atoms with E-state index in [0.29, 0.717) is 13.1 Å². The molecule has 3 rings (SSSR count). The monoisotopic (exact) mass is 392 g/mol. The summed E-state index contributed by atoms with van der Waals surface area (Å²) in [5.41, 5.74) is 8.04. The van der Waals surface area contributed by atoms with Gasteiger partial charge in [0.1, 0.15) is 6.54 Å². The van der Waals surface area contributed by atoms with Gasteiger partial charge in [-0.1, -0.05) is 36.4 Å². The summed E-state index contributed by atoms with van der Waals surface area (Å²) < 4.78 is 41.3. The number of benzene rings is 2. The topological polar surface area (TPSA) is 80.0 Å². The maximum Gasteiger partial charge on any atom is 0.573 e. The second-order valence-corrected chi connectivity index (χ2v) is 6.20. The highest BCUT2D eigenvalue weighted by atomic mass is 19.4. The lowest BCUT2D eigenvalue weighted by atomic mass is 10.00. The molecular formula is C19H19F3N4O2. The van der Waals surface area contributed by atoms with E-state index in [2.05, 4.69) is 15.0 Å². The van der Waals surface area contributed by atoms with E-state index in [-0.39, 0.29) is 24.1 Å². The van der Waals surface area contributed by atoms with E-state index in [0.717, 1.165) is 18.1 Å². The Morgan fingerprint density at radius 3 is 2.57 bits per heavy atom. The van der Waals surface area contributed by atoms with Gasteiger partial charge in [-0.05, 0) is 29.7 Å². The molecule has 0 fully saturated rings. The molecule has 1 heterocycles. The van der Waals surface area contributed by atoms with Gasteiger partial charge in [0.15, 0.2) is 11.7 Å². The SMILES string of the molecule is NC(=NCC(=O)N1CCc2ccccc2C1)Nc1ccccc1OC(F)(F)F. The fourth-order valence-electron chi connectivity index (χ4n) is 2.92. The minimum absolute atomic E-state index is 0.000392. The quantitative estimate of drug-likeness (QED) is 0.619. The van der Waals surface area contributed by atoms with Gasteiger partial charge in [-0.3, -0.25) is 4.79 Å². The van der Waals surface area contributed by atoms with Gasteiger partial charge in [-0.25, -0.2) is 4.99 Å². The van der Waals surface area contributed by atoms with Gasteiger partial charge < -0.3 is 20.7 Å². The van der Waals surface area contributed by atoms with Crippen molar-refractivity contribution in [3.63, 3.8) is 0 Å². The molecule has 0 bridgehead atoms. The lowest BCUT2D eigenvalue weighted by molar-refractivity contribution is -0.274. The van der Waals surface area contributed by atoms with E-state index in [1.54, 1.807) is 4.90 Å². The molecule has 2 aromatic carbocycles. The maximum atomic E-state index is 12.5. The zero-order valence-electron chi connectivity index (χ0n) is 14.9. The number of rotatable bonds is 4. The van der Waals surface area contributed by atoms with Gasteiger partial charge in [0, 0.05) is 13.1 Å². The van der Waals surface area contributed by atoms with Crippen molar-refractivity contribution in [2.75, 3.05) is 18.4 Å². The number of aliphatic imine (C=N–C) groups is 1. The lowest BCUT2D eigenvalue weighted by Gasteiger charge is -2.28. The summed E-state index contributed by atoms with van der Waals surface area (Å²) in [5, 5.41) is 2.54. The molecule has 1 amide bonds. The van der Waals surface area contributed by atoms with Crippen molar-refractivity contribution in [1.29, 1.82) is 0 Å². The molecule has 1 aliphatic heterocycles. The normalized spacial score (nSPS) is 14.4. The number of nitrogens with zero attached hydrogens (tertiary/aromatic N) is 2. The first-order valence-electron chi connectivity index (χ1n) is 8.58. The molecule has 148 valence electrons. The van der Waals surface area contributed by atoms with Crippen molar-refractivity contribution in [3.8, 4) is 5.75 Å². The highest BCUT2D eigenvalue weighted by Crippen LogP contribution is 2.29. The van der Waals surface area contributed by atoms with Crippen LogP contribution in [0.5, 0.6) is 5.75 Å². The number of amides is 1. The molecule has 2 aromatic rings. The molecule has 28 heavy (non-hydrogen) atoms. The van der Waals surface area contributed by atoms with Crippen LogP contribution in [0.25, 0.3) is 0 Å². The average molecular weight is 392 g/mol. The predicted molar refractivity (Wildman–Crippen MR) is 98.8 cm³/mol. The van der Waals surface area contributed by atoms with E-state index < -0.39 is 12.1 Å². The van der Waals surface area contributed by atoms with Crippen LogP contribution < -0.4 is 15.8 Å². The predicted octanol–water partition coefficient (Wildman–Crippen LogP) is 2.90. The Morgan fingerprint density at radius 2 is 1.82 bits per heavy atom. The second kappa shape index (κ2) is 8.20. The summed E-state index contributed by atoms with van der Waals surface area (Å²) in [6.07, 6.45) is -4.06. The molecule has 0 radical (unpaired) electrons. The van der Waals surface area contributed by atoms with Crippen LogP contribution in [0.15, 0.2) is 53.5 Å². The zero-order valence-corrected chi connectivity index (χ0v) is 14.9. The Labute approximate surface area is 159 Å². The number of anilines is 1. The molecule has 1 aliphatic rings. The third-order valence-corrected chi connectivity index (χ3v) is 4.24. The molecular weight excluding hydrogens is 373 g/mol. The summed E-state index contributed by atoms with van der Waals surface area (Å²) in [4.78, 5) is 18.0. The van der Waals surface area contributed by atoms with Crippen molar-refractivity contribution in [2.45, 2.75) is 19.3 Å². The minimum atomic E-state index is -4.83. The standard InChI is InChI=1S/C19H19F3N4O2/c20-19(21,22)28-16-8-4-3-7-15(16)25-18(23)24-11-17(27)26-10-9-13-5-1-2-6-14(13)12-26/h1-8H,9-12H2,(H3,23,24,25). The summed E-state index contributed by atoms with van der Waals surface area (Å²) in [7, 11) is 0. The lowest BCUT2D eigenvalue weighted by Crippen LogP contribution is -2.38. The van der Waals surface area contributed by atoms with Crippen LogP contribution in [0.2, 0.25) is 0 Å². The largest absolute Gasteiger partial charge is 0.573 e. The van der Waals surface area contributed by atoms with Crippen molar-refractivity contribution in [1.82, 2.24) is 4.90 Å². The van der Waals surface area contributed by atoms with Crippen molar-refractivity contribution >= 4 is 17.6 Å². The summed E-state index contributed by atoms with van der Waals surface area (Å²) >= 11 is 0. The molecule has 0 saturated carbocycles. The first kappa shape index (κ1) is 19.5. The van der Waals surface area contributed by atoms with Crippen molar-refractivity contribution in [3.05, 3.63) is 59.7 Å². The number of carbonyl (C=O) groups is 1. The number of para-hydroxylation sites is 2. The van der Waals surface area contributed by atoms with Gasteiger partial charge in [-0.2, -0.15) is 0 Å². The number of fused-ring (bicyclic) bond motifs is 1. The van der Waals surface area contributed by atoms with E-state index >= 15 is 0 Å². The Kier molecular flexibility index (Phi) is 5.72. The van der Waals surface area contributed by atoms with Crippen LogP contribution in [0, 0.1) is 0 Å². The molecule has 0 aromatic heterocycles. The second-order valence-electron chi connectivity index (χ2n) is 6.20. The third kappa shape index (κ3) is 5.15. The van der Waals surface area contributed by atoms with Gasteiger partial charge in [0.25, 0.3) is 0 Å². The number of hydrogen-bond donors (Lipinski definition) is 2. The highest BCUT2D eigenvalue weighted by molar-refractivity contribution is 5.95. The summed E-state index contributed by atoms with van der Waals surface area (Å²) in [6.45, 7) is 0.879. The zero-order chi connectivity index (χ0) is 20.1. The van der Waals surface area contributed by atoms with E-state index in [1.165, 1.54) is 23.8 Å². The smallest absolute Gasteiger partial charge is 0.404 e. The molecule has 3 N–H and O–H groups in total. The summed E-state index contributed by atoms with van der Waals surface area (Å²) in [6, 6.07) is 13.3.